The summed E-state index contributed by atoms with van der Waals surface area (Å²) in [5.41, 5.74) is -0.627. The lowest BCUT2D eigenvalue weighted by atomic mass is 9.99. The summed E-state index contributed by atoms with van der Waals surface area (Å²) in [5, 5.41) is -5.55. The average molecular weight is 494 g/mol. The van der Waals surface area contributed by atoms with E-state index in [1.165, 1.54) is 0 Å². The standard InChI is InChI=1S/C23H22F8OSi/c1-8(2)33(9(3)4,10(5)6)32-23-21(30)14-15(20(29)22(23)31)18(27)13-11(16(14)25)7-12(24)17(26)19(13)28/h7-10H,1-6H3. The molecule has 0 aromatic heterocycles. The molecule has 0 unspecified atom stereocenters. The maximum absolute atomic E-state index is 15.5. The van der Waals surface area contributed by atoms with E-state index in [1.807, 2.05) is 0 Å². The highest BCUT2D eigenvalue weighted by molar-refractivity contribution is 6.78. The molecular weight excluding hydrogens is 472 g/mol. The van der Waals surface area contributed by atoms with E-state index in [0.29, 0.717) is 0 Å². The summed E-state index contributed by atoms with van der Waals surface area (Å²) in [6, 6.07) is 0.127. The van der Waals surface area contributed by atoms with Crippen LogP contribution in [0.25, 0.3) is 21.5 Å². The summed E-state index contributed by atoms with van der Waals surface area (Å²) in [7, 11) is -3.08. The van der Waals surface area contributed by atoms with E-state index < -0.39 is 82.1 Å². The van der Waals surface area contributed by atoms with Crippen LogP contribution in [-0.2, 0) is 0 Å². The van der Waals surface area contributed by atoms with Crippen LogP contribution in [0, 0.1) is 46.5 Å². The fourth-order valence-electron chi connectivity index (χ4n) is 4.91. The van der Waals surface area contributed by atoms with Gasteiger partial charge in [0.15, 0.2) is 34.8 Å². The molecule has 3 rings (SSSR count). The van der Waals surface area contributed by atoms with Gasteiger partial charge in [0, 0.05) is 5.39 Å². The molecule has 0 heterocycles. The van der Waals surface area contributed by atoms with E-state index in [2.05, 4.69) is 0 Å². The first kappa shape index (κ1) is 25.3. The molecule has 33 heavy (non-hydrogen) atoms. The van der Waals surface area contributed by atoms with Crippen LogP contribution in [0.4, 0.5) is 35.1 Å². The van der Waals surface area contributed by atoms with Gasteiger partial charge in [-0.2, -0.15) is 4.39 Å². The van der Waals surface area contributed by atoms with Crippen molar-refractivity contribution in [1.82, 2.24) is 0 Å². The van der Waals surface area contributed by atoms with E-state index in [-0.39, 0.29) is 22.7 Å². The van der Waals surface area contributed by atoms with E-state index >= 15 is 13.2 Å². The molecule has 0 atom stereocenters. The van der Waals surface area contributed by atoms with Gasteiger partial charge in [0.05, 0.1) is 16.2 Å². The second-order valence-corrected chi connectivity index (χ2v) is 14.4. The van der Waals surface area contributed by atoms with E-state index in [0.717, 1.165) is 0 Å². The number of hydrogen-bond acceptors (Lipinski definition) is 1. The normalized spacial score (nSPS) is 12.8. The molecule has 180 valence electrons. The second kappa shape index (κ2) is 8.45. The van der Waals surface area contributed by atoms with Crippen LogP contribution in [0.3, 0.4) is 0 Å². The summed E-state index contributed by atoms with van der Waals surface area (Å²) in [6.45, 7) is 10.7. The van der Waals surface area contributed by atoms with Gasteiger partial charge < -0.3 is 4.43 Å². The third kappa shape index (κ3) is 3.48. The van der Waals surface area contributed by atoms with Gasteiger partial charge in [0.2, 0.25) is 5.82 Å². The van der Waals surface area contributed by atoms with Crippen LogP contribution >= 0.6 is 0 Å². The lowest BCUT2D eigenvalue weighted by Gasteiger charge is -2.42. The minimum Gasteiger partial charge on any atom is -0.539 e. The molecule has 0 saturated heterocycles. The molecule has 0 radical (unpaired) electrons. The van der Waals surface area contributed by atoms with Crippen LogP contribution in [0.1, 0.15) is 41.5 Å². The lowest BCUT2D eigenvalue weighted by molar-refractivity contribution is 0.398. The Bertz CT molecular complexity index is 1250. The fraction of sp³-hybridized carbons (Fsp3) is 0.391. The molecule has 0 amide bonds. The van der Waals surface area contributed by atoms with Gasteiger partial charge in [-0.15, -0.1) is 0 Å². The van der Waals surface area contributed by atoms with Crippen molar-refractivity contribution < 1.29 is 39.5 Å². The zero-order chi connectivity index (χ0) is 25.2. The van der Waals surface area contributed by atoms with Crippen molar-refractivity contribution in [3.63, 3.8) is 0 Å². The Morgan fingerprint density at radius 3 is 1.48 bits per heavy atom. The Kier molecular flexibility index (Phi) is 6.47. The molecule has 0 fully saturated rings. The van der Waals surface area contributed by atoms with Gasteiger partial charge in [-0.3, -0.25) is 0 Å². The van der Waals surface area contributed by atoms with Crippen molar-refractivity contribution in [2.45, 2.75) is 58.2 Å². The van der Waals surface area contributed by atoms with Crippen LogP contribution < -0.4 is 4.43 Å². The van der Waals surface area contributed by atoms with Gasteiger partial charge in [0.1, 0.15) is 11.6 Å². The first-order valence-electron chi connectivity index (χ1n) is 10.3. The molecule has 0 bridgehead atoms. The predicted molar refractivity (Wildman–Crippen MR) is 113 cm³/mol. The monoisotopic (exact) mass is 494 g/mol. The van der Waals surface area contributed by atoms with Gasteiger partial charge in [-0.05, 0) is 22.7 Å². The first-order chi connectivity index (χ1) is 15.2. The smallest absolute Gasteiger partial charge is 0.259 e. The molecule has 1 nitrogen and oxygen atoms in total. The number of fused-ring (bicyclic) bond motifs is 2. The molecular formula is C23H22F8OSi. The van der Waals surface area contributed by atoms with Crippen LogP contribution in [0.5, 0.6) is 5.75 Å². The van der Waals surface area contributed by atoms with Gasteiger partial charge >= 0.3 is 0 Å². The Balaban J connectivity index is 2.51. The topological polar surface area (TPSA) is 9.23 Å². The lowest BCUT2D eigenvalue weighted by Crippen LogP contribution is -2.51. The molecule has 3 aromatic rings. The minimum absolute atomic E-state index is 0.127. The highest BCUT2D eigenvalue weighted by Crippen LogP contribution is 2.46. The van der Waals surface area contributed by atoms with Crippen molar-refractivity contribution in [1.29, 1.82) is 0 Å². The maximum Gasteiger partial charge on any atom is 0.259 e. The van der Waals surface area contributed by atoms with Crippen molar-refractivity contribution in [3.05, 3.63) is 52.6 Å². The number of hydrogen-bond donors (Lipinski definition) is 0. The SMILES string of the molecule is CC(C)[Si](Oc1c(F)c(F)c2c(F)c3c(F)c(F)c(F)cc3c(F)c2c1F)(C(C)C)C(C)C. The summed E-state index contributed by atoms with van der Waals surface area (Å²) in [5.74, 6) is -16.8. The Labute approximate surface area is 186 Å². The fourth-order valence-corrected chi connectivity index (χ4v) is 10.2. The Morgan fingerprint density at radius 2 is 1.00 bits per heavy atom. The van der Waals surface area contributed by atoms with Crippen molar-refractivity contribution >= 4 is 29.9 Å². The number of halogens is 8. The molecule has 0 aliphatic rings. The summed E-state index contributed by atoms with van der Waals surface area (Å²) < 4.78 is 123. The van der Waals surface area contributed by atoms with Gasteiger partial charge in [-0.25, -0.2) is 30.7 Å². The largest absolute Gasteiger partial charge is 0.539 e. The molecule has 0 N–H and O–H groups in total. The Hall–Kier alpha value is -2.36. The zero-order valence-electron chi connectivity index (χ0n) is 18.7. The van der Waals surface area contributed by atoms with Gasteiger partial charge in [-0.1, -0.05) is 41.5 Å². The summed E-state index contributed by atoms with van der Waals surface area (Å²) in [4.78, 5) is 0. The van der Waals surface area contributed by atoms with E-state index in [1.54, 1.807) is 41.5 Å². The molecule has 0 aliphatic carbocycles. The molecule has 10 heteroatoms. The molecule has 0 saturated carbocycles. The van der Waals surface area contributed by atoms with Crippen LogP contribution in [0.15, 0.2) is 6.07 Å². The molecule has 0 spiro atoms. The highest BCUT2D eigenvalue weighted by atomic mass is 28.4. The number of benzene rings is 3. The zero-order valence-corrected chi connectivity index (χ0v) is 19.7. The van der Waals surface area contributed by atoms with Crippen LogP contribution in [0.2, 0.25) is 16.6 Å². The quantitative estimate of drug-likeness (QED) is 0.113. The molecule has 3 aromatic carbocycles. The molecule has 0 aliphatic heterocycles. The van der Waals surface area contributed by atoms with Crippen LogP contribution in [-0.4, -0.2) is 8.32 Å². The summed E-state index contributed by atoms with van der Waals surface area (Å²) in [6.07, 6.45) is 0. The Morgan fingerprint density at radius 1 is 0.545 bits per heavy atom. The summed E-state index contributed by atoms with van der Waals surface area (Å²) >= 11 is 0. The minimum atomic E-state index is -3.08. The first-order valence-corrected chi connectivity index (χ1v) is 12.5. The second-order valence-electron chi connectivity index (χ2n) is 8.98. The third-order valence-corrected chi connectivity index (χ3v) is 12.3. The van der Waals surface area contributed by atoms with E-state index in [9.17, 15) is 22.0 Å². The van der Waals surface area contributed by atoms with Crippen molar-refractivity contribution in [3.8, 4) is 5.75 Å². The average Bonchev–Trinajstić information content (AvgIpc) is 2.71. The number of rotatable bonds is 5. The third-order valence-electron chi connectivity index (χ3n) is 6.32. The van der Waals surface area contributed by atoms with Crippen molar-refractivity contribution in [2.75, 3.05) is 0 Å². The van der Waals surface area contributed by atoms with Gasteiger partial charge in [0.25, 0.3) is 8.32 Å². The van der Waals surface area contributed by atoms with E-state index in [4.69, 9.17) is 4.43 Å². The maximum atomic E-state index is 15.5. The highest BCUT2D eigenvalue weighted by Gasteiger charge is 2.48. The predicted octanol–water partition coefficient (Wildman–Crippen LogP) is 8.66. The van der Waals surface area contributed by atoms with Crippen molar-refractivity contribution in [2.24, 2.45) is 0 Å².